The van der Waals surface area contributed by atoms with E-state index in [1.807, 2.05) is 32.0 Å². The summed E-state index contributed by atoms with van der Waals surface area (Å²) in [4.78, 5) is 11.5. The van der Waals surface area contributed by atoms with Gasteiger partial charge in [-0.2, -0.15) is 0 Å². The zero-order valence-electron chi connectivity index (χ0n) is 8.63. The number of hydrogen-bond donors (Lipinski definition) is 0. The van der Waals surface area contributed by atoms with Crippen molar-refractivity contribution >= 4 is 22.6 Å². The molecule has 0 spiro atoms. The lowest BCUT2D eigenvalue weighted by Crippen LogP contribution is -2.08. The minimum Gasteiger partial charge on any atom is -0.422 e. The van der Waals surface area contributed by atoms with Gasteiger partial charge in [0.05, 0.1) is 11.4 Å². The summed E-state index contributed by atoms with van der Waals surface area (Å²) in [5.41, 5.74) is 2.89. The molecule has 0 amide bonds. The van der Waals surface area contributed by atoms with Crippen molar-refractivity contribution in [2.75, 3.05) is 0 Å². The Hall–Kier alpha value is -1.28. The summed E-state index contributed by atoms with van der Waals surface area (Å²) in [6.45, 7) is 3.90. The molecule has 2 rings (SSSR count). The maximum Gasteiger partial charge on any atom is 0.340 e. The first-order valence-electron chi connectivity index (χ1n) is 4.72. The Morgan fingerprint density at radius 3 is 2.73 bits per heavy atom. The second kappa shape index (κ2) is 3.70. The number of fused-ring (bicyclic) bond motifs is 1. The largest absolute Gasteiger partial charge is 0.422 e. The standard InChI is InChI=1S/C12H11ClO2/c1-7-3-4-11-9(5-7)8(2)10(6-13)12(14)15-11/h3-5H,6H2,1-2H3. The van der Waals surface area contributed by atoms with E-state index in [-0.39, 0.29) is 11.5 Å². The minimum atomic E-state index is -0.334. The van der Waals surface area contributed by atoms with Crippen LogP contribution in [0.2, 0.25) is 0 Å². The van der Waals surface area contributed by atoms with Crippen molar-refractivity contribution in [1.82, 2.24) is 0 Å². The fraction of sp³-hybridized carbons (Fsp3) is 0.250. The van der Waals surface area contributed by atoms with Crippen molar-refractivity contribution < 1.29 is 4.42 Å². The van der Waals surface area contributed by atoms with Crippen LogP contribution in [0.15, 0.2) is 27.4 Å². The lowest BCUT2D eigenvalue weighted by atomic mass is 10.1. The lowest BCUT2D eigenvalue weighted by Gasteiger charge is -2.05. The van der Waals surface area contributed by atoms with E-state index in [9.17, 15) is 4.79 Å². The van der Waals surface area contributed by atoms with Crippen LogP contribution in [-0.4, -0.2) is 0 Å². The molecule has 0 saturated heterocycles. The molecule has 1 aromatic heterocycles. The number of aryl methyl sites for hydroxylation is 2. The minimum absolute atomic E-state index is 0.193. The second-order valence-electron chi connectivity index (χ2n) is 3.63. The van der Waals surface area contributed by atoms with E-state index >= 15 is 0 Å². The summed E-state index contributed by atoms with van der Waals surface area (Å²) >= 11 is 5.72. The molecular formula is C12H11ClO2. The molecule has 2 nitrogen and oxygen atoms in total. The van der Waals surface area contributed by atoms with E-state index in [4.69, 9.17) is 16.0 Å². The first-order chi connectivity index (χ1) is 7.13. The van der Waals surface area contributed by atoms with Crippen molar-refractivity contribution in [1.29, 1.82) is 0 Å². The average molecular weight is 223 g/mol. The van der Waals surface area contributed by atoms with E-state index < -0.39 is 0 Å². The molecule has 0 saturated carbocycles. The first-order valence-corrected chi connectivity index (χ1v) is 5.26. The zero-order chi connectivity index (χ0) is 11.0. The van der Waals surface area contributed by atoms with Crippen molar-refractivity contribution in [3.63, 3.8) is 0 Å². The van der Waals surface area contributed by atoms with E-state index in [1.54, 1.807) is 0 Å². The van der Waals surface area contributed by atoms with Crippen molar-refractivity contribution in [2.24, 2.45) is 0 Å². The fourth-order valence-electron chi connectivity index (χ4n) is 1.66. The van der Waals surface area contributed by atoms with Gasteiger partial charge >= 0.3 is 5.63 Å². The van der Waals surface area contributed by atoms with Crippen LogP contribution in [0.4, 0.5) is 0 Å². The predicted molar refractivity (Wildman–Crippen MR) is 61.5 cm³/mol. The molecule has 0 fully saturated rings. The molecule has 3 heteroatoms. The van der Waals surface area contributed by atoms with E-state index in [0.29, 0.717) is 11.1 Å². The molecule has 0 aliphatic heterocycles. The van der Waals surface area contributed by atoms with Crippen LogP contribution < -0.4 is 5.63 Å². The third-order valence-electron chi connectivity index (χ3n) is 2.57. The van der Waals surface area contributed by atoms with E-state index in [0.717, 1.165) is 16.5 Å². The Morgan fingerprint density at radius 1 is 1.33 bits per heavy atom. The molecule has 1 aromatic carbocycles. The maximum atomic E-state index is 11.5. The molecule has 0 atom stereocenters. The number of rotatable bonds is 1. The molecule has 1 heterocycles. The van der Waals surface area contributed by atoms with Gasteiger partial charge in [-0.3, -0.25) is 0 Å². The van der Waals surface area contributed by atoms with E-state index in [2.05, 4.69) is 0 Å². The Kier molecular flexibility index (Phi) is 2.53. The summed E-state index contributed by atoms with van der Waals surface area (Å²) in [7, 11) is 0. The van der Waals surface area contributed by atoms with Crippen LogP contribution in [0, 0.1) is 13.8 Å². The van der Waals surface area contributed by atoms with Gasteiger partial charge in [0, 0.05) is 5.39 Å². The van der Waals surface area contributed by atoms with Crippen molar-refractivity contribution in [3.8, 4) is 0 Å². The van der Waals surface area contributed by atoms with Crippen LogP contribution in [0.5, 0.6) is 0 Å². The van der Waals surface area contributed by atoms with Gasteiger partial charge in [0.2, 0.25) is 0 Å². The predicted octanol–water partition coefficient (Wildman–Crippen LogP) is 3.15. The van der Waals surface area contributed by atoms with Crippen LogP contribution >= 0.6 is 11.6 Å². The molecule has 2 aromatic rings. The number of halogens is 1. The smallest absolute Gasteiger partial charge is 0.340 e. The molecule has 0 N–H and O–H groups in total. The first kappa shape index (κ1) is 10.2. The molecule has 0 radical (unpaired) electrons. The van der Waals surface area contributed by atoms with Crippen molar-refractivity contribution in [2.45, 2.75) is 19.7 Å². The summed E-state index contributed by atoms with van der Waals surface area (Å²) in [5, 5.41) is 0.963. The van der Waals surface area contributed by atoms with Crippen LogP contribution in [-0.2, 0) is 5.88 Å². The van der Waals surface area contributed by atoms with Gasteiger partial charge in [-0.15, -0.1) is 11.6 Å². The molecule has 0 aliphatic rings. The Labute approximate surface area is 92.5 Å². The third kappa shape index (κ3) is 1.65. The van der Waals surface area contributed by atoms with Crippen LogP contribution in [0.25, 0.3) is 11.0 Å². The molecule has 0 unspecified atom stereocenters. The highest BCUT2D eigenvalue weighted by atomic mass is 35.5. The monoisotopic (exact) mass is 222 g/mol. The number of benzene rings is 1. The quantitative estimate of drug-likeness (QED) is 0.548. The van der Waals surface area contributed by atoms with Gasteiger partial charge in [-0.1, -0.05) is 11.6 Å². The Bertz CT molecular complexity index is 570. The topological polar surface area (TPSA) is 30.2 Å². The van der Waals surface area contributed by atoms with Gasteiger partial charge in [0.1, 0.15) is 5.58 Å². The highest BCUT2D eigenvalue weighted by molar-refractivity contribution is 6.17. The highest BCUT2D eigenvalue weighted by Crippen LogP contribution is 2.21. The summed E-state index contributed by atoms with van der Waals surface area (Å²) in [6.07, 6.45) is 0. The van der Waals surface area contributed by atoms with Crippen LogP contribution in [0.1, 0.15) is 16.7 Å². The fourth-order valence-corrected chi connectivity index (χ4v) is 1.97. The van der Waals surface area contributed by atoms with Gasteiger partial charge < -0.3 is 4.42 Å². The normalized spacial score (nSPS) is 10.9. The Morgan fingerprint density at radius 2 is 2.07 bits per heavy atom. The van der Waals surface area contributed by atoms with Gasteiger partial charge in [-0.25, -0.2) is 4.79 Å². The van der Waals surface area contributed by atoms with Gasteiger partial charge in [-0.05, 0) is 31.5 Å². The molecule has 15 heavy (non-hydrogen) atoms. The average Bonchev–Trinajstić information content (AvgIpc) is 2.20. The molecule has 0 bridgehead atoms. The number of alkyl halides is 1. The van der Waals surface area contributed by atoms with E-state index in [1.165, 1.54) is 0 Å². The van der Waals surface area contributed by atoms with Gasteiger partial charge in [0.15, 0.2) is 0 Å². The highest BCUT2D eigenvalue weighted by Gasteiger charge is 2.09. The molecular weight excluding hydrogens is 212 g/mol. The molecule has 0 aliphatic carbocycles. The third-order valence-corrected chi connectivity index (χ3v) is 2.84. The second-order valence-corrected chi connectivity index (χ2v) is 3.89. The van der Waals surface area contributed by atoms with Gasteiger partial charge in [0.25, 0.3) is 0 Å². The molecule has 78 valence electrons. The number of hydrogen-bond acceptors (Lipinski definition) is 2. The maximum absolute atomic E-state index is 11.5. The zero-order valence-corrected chi connectivity index (χ0v) is 9.39. The Balaban J connectivity index is 2.92. The lowest BCUT2D eigenvalue weighted by molar-refractivity contribution is 0.552. The summed E-state index contributed by atoms with van der Waals surface area (Å²) < 4.78 is 5.18. The summed E-state index contributed by atoms with van der Waals surface area (Å²) in [5.74, 6) is 0.193. The van der Waals surface area contributed by atoms with Crippen molar-refractivity contribution in [3.05, 3.63) is 45.3 Å². The van der Waals surface area contributed by atoms with Crippen LogP contribution in [0.3, 0.4) is 0 Å². The SMILES string of the molecule is Cc1ccc2oc(=O)c(CCl)c(C)c2c1. The summed E-state index contributed by atoms with van der Waals surface area (Å²) in [6, 6.07) is 5.74.